The molecule has 0 radical (unpaired) electrons. The minimum atomic E-state index is -0.675. The van der Waals surface area contributed by atoms with E-state index in [9.17, 15) is 14.7 Å². The predicted octanol–water partition coefficient (Wildman–Crippen LogP) is 7.48. The van der Waals surface area contributed by atoms with Gasteiger partial charge in [-0.25, -0.2) is 4.79 Å². The van der Waals surface area contributed by atoms with E-state index >= 15 is 0 Å². The molecule has 0 saturated heterocycles. The van der Waals surface area contributed by atoms with E-state index < -0.39 is 12.1 Å². The van der Waals surface area contributed by atoms with Crippen LogP contribution in [-0.4, -0.2) is 29.1 Å². The van der Waals surface area contributed by atoms with Crippen LogP contribution in [0.4, 0.5) is 0 Å². The van der Waals surface area contributed by atoms with Gasteiger partial charge in [-0.1, -0.05) is 72.1 Å². The summed E-state index contributed by atoms with van der Waals surface area (Å²) in [6, 6.07) is 9.01. The smallest absolute Gasteiger partial charge is 0.338 e. The van der Waals surface area contributed by atoms with Crippen molar-refractivity contribution >= 4 is 11.8 Å². The van der Waals surface area contributed by atoms with Crippen LogP contribution in [0.25, 0.3) is 0 Å². The number of Topliss-reactive ketones (excluding diaryl/α,β-unsaturated/α-hetero) is 1. The van der Waals surface area contributed by atoms with Gasteiger partial charge in [-0.05, 0) is 103 Å². The fraction of sp³-hybridized carbons (Fsp3) is 0.765. The summed E-state index contributed by atoms with van der Waals surface area (Å²) in [5, 5.41) is 11.6. The third kappa shape index (κ3) is 4.88. The highest BCUT2D eigenvalue weighted by Gasteiger charge is 2.64. The summed E-state index contributed by atoms with van der Waals surface area (Å²) >= 11 is 0. The second-order valence-corrected chi connectivity index (χ2v) is 14.5. The first-order valence-corrected chi connectivity index (χ1v) is 15.5. The summed E-state index contributed by atoms with van der Waals surface area (Å²) in [6.45, 7) is 12.0. The van der Waals surface area contributed by atoms with Gasteiger partial charge >= 0.3 is 5.97 Å². The van der Waals surface area contributed by atoms with Crippen LogP contribution < -0.4 is 0 Å². The number of fused-ring (bicyclic) bond motifs is 5. The number of esters is 1. The molecule has 4 nitrogen and oxygen atoms in total. The Hall–Kier alpha value is -1.68. The van der Waals surface area contributed by atoms with E-state index in [2.05, 4.69) is 34.6 Å². The van der Waals surface area contributed by atoms with Gasteiger partial charge in [0.2, 0.25) is 0 Å². The van der Waals surface area contributed by atoms with Crippen LogP contribution in [0.3, 0.4) is 0 Å². The molecule has 0 amide bonds. The molecule has 10 atom stereocenters. The summed E-state index contributed by atoms with van der Waals surface area (Å²) < 4.78 is 5.87. The first kappa shape index (κ1) is 27.9. The normalized spacial score (nSPS) is 41.2. The lowest BCUT2D eigenvalue weighted by molar-refractivity contribution is -0.181. The highest BCUT2D eigenvalue weighted by Crippen LogP contribution is 2.68. The highest BCUT2D eigenvalue weighted by atomic mass is 16.5. The number of ether oxygens (including phenoxy) is 1. The number of aliphatic hydroxyl groups excluding tert-OH is 1. The molecular weight excluding hydrogens is 472 g/mol. The lowest BCUT2D eigenvalue weighted by Gasteiger charge is -2.62. The monoisotopic (exact) mass is 522 g/mol. The maximum atomic E-state index is 13.1. The van der Waals surface area contributed by atoms with Crippen LogP contribution in [0.1, 0.15) is 109 Å². The van der Waals surface area contributed by atoms with Crippen molar-refractivity contribution in [1.29, 1.82) is 0 Å². The van der Waals surface area contributed by atoms with Crippen LogP contribution >= 0.6 is 0 Å². The summed E-state index contributed by atoms with van der Waals surface area (Å²) in [7, 11) is 0. The molecule has 4 heteroatoms. The molecule has 1 aromatic carbocycles. The van der Waals surface area contributed by atoms with Crippen molar-refractivity contribution < 1.29 is 19.4 Å². The second-order valence-electron chi connectivity index (χ2n) is 14.5. The number of hydrogen-bond acceptors (Lipinski definition) is 4. The number of aliphatic hydroxyl groups is 1. The van der Waals surface area contributed by atoms with Crippen LogP contribution in [0.5, 0.6) is 0 Å². The molecule has 1 aromatic rings. The molecule has 4 aliphatic rings. The molecule has 4 aliphatic carbocycles. The third-order valence-corrected chi connectivity index (χ3v) is 12.0. The lowest BCUT2D eigenvalue weighted by atomic mass is 9.43. The average Bonchev–Trinajstić information content (AvgIpc) is 3.23. The molecule has 38 heavy (non-hydrogen) atoms. The average molecular weight is 523 g/mol. The van der Waals surface area contributed by atoms with Gasteiger partial charge < -0.3 is 9.84 Å². The van der Waals surface area contributed by atoms with Crippen LogP contribution in [0.15, 0.2) is 30.3 Å². The van der Waals surface area contributed by atoms with Crippen molar-refractivity contribution in [3.05, 3.63) is 35.9 Å². The fourth-order valence-electron chi connectivity index (χ4n) is 9.95. The van der Waals surface area contributed by atoms with Crippen molar-refractivity contribution in [2.24, 2.45) is 52.3 Å². The summed E-state index contributed by atoms with van der Waals surface area (Å²) in [4.78, 5) is 26.0. The first-order chi connectivity index (χ1) is 18.0. The Morgan fingerprint density at radius 1 is 1.03 bits per heavy atom. The molecule has 0 heterocycles. The number of rotatable bonds is 7. The molecular formula is C34H50O4. The van der Waals surface area contributed by atoms with Crippen molar-refractivity contribution in [3.8, 4) is 0 Å². The van der Waals surface area contributed by atoms with Crippen molar-refractivity contribution in [1.82, 2.24) is 0 Å². The zero-order chi connectivity index (χ0) is 27.2. The van der Waals surface area contributed by atoms with Gasteiger partial charge in [0, 0.05) is 6.42 Å². The van der Waals surface area contributed by atoms with E-state index in [1.807, 2.05) is 18.2 Å². The molecule has 0 spiro atoms. The Bertz CT molecular complexity index is 1000. The summed E-state index contributed by atoms with van der Waals surface area (Å²) in [6.07, 6.45) is 9.52. The van der Waals surface area contributed by atoms with E-state index in [0.717, 1.165) is 24.2 Å². The maximum Gasteiger partial charge on any atom is 0.338 e. The molecule has 1 N–H and O–H groups in total. The number of benzene rings is 1. The number of ketones is 1. The minimum Gasteiger partial charge on any atom is -0.451 e. The van der Waals surface area contributed by atoms with Gasteiger partial charge in [-0.3, -0.25) is 4.79 Å². The standard InChI is InChI=1S/C34H50O4/c1-21(2)10-9-11-22(3)25-14-15-26-31-27(16-17-33(25,26)4)34(5)20-30(28(35)18-24(34)19-29(31)36)38-32(37)23-12-7-6-8-13-23/h6-8,12-13,21-22,24-27,29-31,36H,9-11,14-20H2,1-5H3/t22-,24?,25-,26+,27+,29-,30?,31+,33-,34+/m1/s1. The molecule has 5 rings (SSSR count). The lowest BCUT2D eigenvalue weighted by Crippen LogP contribution is -2.60. The zero-order valence-electron chi connectivity index (χ0n) is 24.3. The van der Waals surface area contributed by atoms with E-state index in [0.29, 0.717) is 48.0 Å². The Balaban J connectivity index is 1.33. The van der Waals surface area contributed by atoms with Gasteiger partial charge in [0.05, 0.1) is 11.7 Å². The fourth-order valence-corrected chi connectivity index (χ4v) is 9.95. The SMILES string of the molecule is CC(C)CCC[C@@H](C)[C@H]1CC[C@H]2[C@@H]3[C@H](O)CC4CC(=O)C(OC(=O)c5ccccc5)C[C@]4(C)[C@H]3CC[C@]12C. The van der Waals surface area contributed by atoms with E-state index in [1.165, 1.54) is 38.5 Å². The van der Waals surface area contributed by atoms with Gasteiger partial charge in [0.15, 0.2) is 11.9 Å². The molecule has 0 aliphatic heterocycles. The largest absolute Gasteiger partial charge is 0.451 e. The number of carbonyl (C=O) groups is 2. The Labute approximate surface area is 230 Å². The van der Waals surface area contributed by atoms with Crippen LogP contribution in [0.2, 0.25) is 0 Å². The molecule has 4 fully saturated rings. The third-order valence-electron chi connectivity index (χ3n) is 12.0. The Morgan fingerprint density at radius 3 is 2.45 bits per heavy atom. The summed E-state index contributed by atoms with van der Waals surface area (Å²) in [5.41, 5.74) is 0.714. The molecule has 2 unspecified atom stereocenters. The summed E-state index contributed by atoms with van der Waals surface area (Å²) in [5.74, 6) is 3.28. The van der Waals surface area contributed by atoms with Gasteiger partial charge in [-0.2, -0.15) is 0 Å². The topological polar surface area (TPSA) is 63.6 Å². The number of hydrogen-bond donors (Lipinski definition) is 1. The van der Waals surface area contributed by atoms with E-state index in [4.69, 9.17) is 4.74 Å². The highest BCUT2D eigenvalue weighted by molar-refractivity contribution is 5.93. The van der Waals surface area contributed by atoms with Gasteiger partial charge in [-0.15, -0.1) is 0 Å². The quantitative estimate of drug-likeness (QED) is 0.377. The second kappa shape index (κ2) is 10.7. The molecule has 0 bridgehead atoms. The first-order valence-electron chi connectivity index (χ1n) is 15.5. The van der Waals surface area contributed by atoms with Crippen molar-refractivity contribution in [2.75, 3.05) is 0 Å². The van der Waals surface area contributed by atoms with Crippen molar-refractivity contribution in [2.45, 2.75) is 111 Å². The van der Waals surface area contributed by atoms with E-state index in [1.54, 1.807) is 12.1 Å². The minimum absolute atomic E-state index is 0.0270. The van der Waals surface area contributed by atoms with Crippen molar-refractivity contribution in [3.63, 3.8) is 0 Å². The predicted molar refractivity (Wildman–Crippen MR) is 150 cm³/mol. The molecule has 210 valence electrons. The van der Waals surface area contributed by atoms with Gasteiger partial charge in [0.25, 0.3) is 0 Å². The Kier molecular flexibility index (Phi) is 7.86. The van der Waals surface area contributed by atoms with Crippen LogP contribution in [-0.2, 0) is 9.53 Å². The van der Waals surface area contributed by atoms with E-state index in [-0.39, 0.29) is 23.2 Å². The molecule has 4 saturated carbocycles. The zero-order valence-corrected chi connectivity index (χ0v) is 24.3. The van der Waals surface area contributed by atoms with Crippen LogP contribution in [0, 0.1) is 52.3 Å². The number of carbonyl (C=O) groups excluding carboxylic acids is 2. The molecule has 0 aromatic heterocycles. The Morgan fingerprint density at radius 2 is 1.74 bits per heavy atom. The van der Waals surface area contributed by atoms with Gasteiger partial charge in [0.1, 0.15) is 0 Å². The maximum absolute atomic E-state index is 13.1.